The lowest BCUT2D eigenvalue weighted by molar-refractivity contribution is -0.113. The topological polar surface area (TPSA) is 73.0 Å². The van der Waals surface area contributed by atoms with Gasteiger partial charge < -0.3 is 9.73 Å². The maximum Gasteiger partial charge on any atom is 0.234 e. The summed E-state index contributed by atoms with van der Waals surface area (Å²) in [5.41, 5.74) is 2.53. The van der Waals surface area contributed by atoms with Crippen LogP contribution in [0.5, 0.6) is 0 Å². The number of carbonyl (C=O) groups excluding carboxylic acids is 1. The average Bonchev–Trinajstić information content (AvgIpc) is 3.22. The van der Waals surface area contributed by atoms with Crippen molar-refractivity contribution in [1.82, 2.24) is 14.8 Å². The number of rotatable bonds is 7. The molecule has 1 N–H and O–H groups in total. The lowest BCUT2D eigenvalue weighted by Gasteiger charge is -2.09. The number of nitrogens with one attached hydrogen (secondary N) is 1. The molecular formula is C19H19ClN4O2S. The summed E-state index contributed by atoms with van der Waals surface area (Å²) in [7, 11) is 0. The van der Waals surface area contributed by atoms with Crippen molar-refractivity contribution >= 4 is 35.0 Å². The van der Waals surface area contributed by atoms with E-state index >= 15 is 0 Å². The van der Waals surface area contributed by atoms with Crippen LogP contribution in [-0.2, 0) is 11.3 Å². The first-order chi connectivity index (χ1) is 13.0. The van der Waals surface area contributed by atoms with Gasteiger partial charge in [0, 0.05) is 17.3 Å². The Balaban J connectivity index is 1.72. The molecule has 0 aliphatic rings. The van der Waals surface area contributed by atoms with Gasteiger partial charge in [0.15, 0.2) is 11.0 Å². The molecule has 27 heavy (non-hydrogen) atoms. The van der Waals surface area contributed by atoms with Gasteiger partial charge in [-0.15, -0.1) is 16.8 Å². The number of amides is 1. The van der Waals surface area contributed by atoms with Crippen LogP contribution in [0.4, 0.5) is 5.69 Å². The summed E-state index contributed by atoms with van der Waals surface area (Å²) < 4.78 is 7.27. The molecule has 3 rings (SSSR count). The smallest absolute Gasteiger partial charge is 0.234 e. The summed E-state index contributed by atoms with van der Waals surface area (Å²) >= 11 is 7.27. The molecule has 0 fully saturated rings. The zero-order valence-corrected chi connectivity index (χ0v) is 16.6. The van der Waals surface area contributed by atoms with Gasteiger partial charge in [-0.3, -0.25) is 9.36 Å². The van der Waals surface area contributed by atoms with Gasteiger partial charge in [0.2, 0.25) is 5.91 Å². The molecule has 0 unspecified atom stereocenters. The maximum absolute atomic E-state index is 12.3. The summed E-state index contributed by atoms with van der Waals surface area (Å²) in [5.74, 6) is 1.54. The normalized spacial score (nSPS) is 10.8. The predicted molar refractivity (Wildman–Crippen MR) is 108 cm³/mol. The maximum atomic E-state index is 12.3. The summed E-state index contributed by atoms with van der Waals surface area (Å²) in [4.78, 5) is 12.3. The van der Waals surface area contributed by atoms with Gasteiger partial charge in [-0.1, -0.05) is 29.4 Å². The molecule has 1 amide bonds. The number of allylic oxidation sites excluding steroid dienone is 1. The molecule has 0 saturated carbocycles. The minimum absolute atomic E-state index is 0.125. The van der Waals surface area contributed by atoms with E-state index in [0.717, 1.165) is 22.6 Å². The molecule has 0 radical (unpaired) electrons. The van der Waals surface area contributed by atoms with Gasteiger partial charge in [0.25, 0.3) is 0 Å². The van der Waals surface area contributed by atoms with Crippen LogP contribution in [-0.4, -0.2) is 26.4 Å². The molecule has 0 spiro atoms. The second-order valence-electron chi connectivity index (χ2n) is 5.89. The van der Waals surface area contributed by atoms with Crippen LogP contribution < -0.4 is 5.32 Å². The van der Waals surface area contributed by atoms with Gasteiger partial charge in [0.1, 0.15) is 5.76 Å². The summed E-state index contributed by atoms with van der Waals surface area (Å²) in [6.45, 7) is 8.09. The molecule has 1 aromatic carbocycles. The number of aryl methyl sites for hydroxylation is 2. The number of benzene rings is 1. The third-order valence-corrected chi connectivity index (χ3v) is 5.12. The number of furan rings is 1. The predicted octanol–water partition coefficient (Wildman–Crippen LogP) is 4.73. The number of anilines is 1. The van der Waals surface area contributed by atoms with Crippen molar-refractivity contribution in [3.63, 3.8) is 0 Å². The van der Waals surface area contributed by atoms with Gasteiger partial charge in [-0.05, 0) is 43.7 Å². The van der Waals surface area contributed by atoms with Crippen LogP contribution in [0.3, 0.4) is 0 Å². The van der Waals surface area contributed by atoms with E-state index in [1.807, 2.05) is 30.5 Å². The highest BCUT2D eigenvalue weighted by Gasteiger charge is 2.17. The largest absolute Gasteiger partial charge is 0.469 e. The fraction of sp³-hybridized carbons (Fsp3) is 0.211. The van der Waals surface area contributed by atoms with Crippen LogP contribution in [0.1, 0.15) is 11.3 Å². The van der Waals surface area contributed by atoms with Crippen LogP contribution >= 0.6 is 23.4 Å². The fourth-order valence-corrected chi connectivity index (χ4v) is 3.56. The highest BCUT2D eigenvalue weighted by atomic mass is 35.5. The fourth-order valence-electron chi connectivity index (χ4n) is 2.59. The molecule has 140 valence electrons. The number of carbonyl (C=O) groups is 1. The molecule has 0 aliphatic heterocycles. The van der Waals surface area contributed by atoms with E-state index in [9.17, 15) is 4.79 Å². The SMILES string of the molecule is C=CCn1c(SCC(=O)Nc2ccc(Cl)cc2C)nnc1-c1ccoc1C. The van der Waals surface area contributed by atoms with Crippen LogP contribution in [0, 0.1) is 13.8 Å². The number of aromatic nitrogens is 3. The number of nitrogens with zero attached hydrogens (tertiary/aromatic N) is 3. The van der Waals surface area contributed by atoms with Crippen LogP contribution in [0.2, 0.25) is 5.02 Å². The van der Waals surface area contributed by atoms with Crippen LogP contribution in [0.25, 0.3) is 11.4 Å². The molecule has 0 saturated heterocycles. The summed E-state index contributed by atoms with van der Waals surface area (Å²) in [5, 5.41) is 12.7. The zero-order valence-electron chi connectivity index (χ0n) is 15.0. The first kappa shape index (κ1) is 19.3. The second-order valence-corrected chi connectivity index (χ2v) is 7.27. The molecule has 6 nitrogen and oxygen atoms in total. The van der Waals surface area contributed by atoms with E-state index in [1.165, 1.54) is 11.8 Å². The molecule has 2 aromatic heterocycles. The quantitative estimate of drug-likeness (QED) is 0.457. The standard InChI is InChI=1S/C19H19ClN4O2S/c1-4-8-24-18(15-7-9-26-13(15)3)22-23-19(24)27-11-17(25)21-16-6-5-14(20)10-12(16)2/h4-7,9-10H,1,8,11H2,2-3H3,(H,21,25). The number of halogens is 1. The van der Waals surface area contributed by atoms with Crippen molar-refractivity contribution in [2.24, 2.45) is 0 Å². The average molecular weight is 403 g/mol. The molecule has 0 bridgehead atoms. The Bertz CT molecular complexity index is 980. The Hall–Kier alpha value is -2.51. The van der Waals surface area contributed by atoms with Gasteiger partial charge in [-0.2, -0.15) is 0 Å². The van der Waals surface area contributed by atoms with Gasteiger partial charge in [-0.25, -0.2) is 0 Å². The van der Waals surface area contributed by atoms with Gasteiger partial charge in [0.05, 0.1) is 17.6 Å². The number of thioether (sulfide) groups is 1. The van der Waals surface area contributed by atoms with Gasteiger partial charge >= 0.3 is 0 Å². The van der Waals surface area contributed by atoms with Crippen LogP contribution in [0.15, 0.2) is 52.8 Å². The van der Waals surface area contributed by atoms with Crippen molar-refractivity contribution in [2.75, 3.05) is 11.1 Å². The Morgan fingerprint density at radius 2 is 2.19 bits per heavy atom. The first-order valence-corrected chi connectivity index (χ1v) is 9.63. The van der Waals surface area contributed by atoms with Crippen molar-refractivity contribution in [3.8, 4) is 11.4 Å². The second kappa shape index (κ2) is 8.45. The first-order valence-electron chi connectivity index (χ1n) is 8.27. The Kier molecular flexibility index (Phi) is 6.03. The third kappa shape index (κ3) is 4.43. The monoisotopic (exact) mass is 402 g/mol. The highest BCUT2D eigenvalue weighted by molar-refractivity contribution is 7.99. The Morgan fingerprint density at radius 3 is 2.85 bits per heavy atom. The number of hydrogen-bond donors (Lipinski definition) is 1. The van der Waals surface area contributed by atoms with Crippen molar-refractivity contribution in [1.29, 1.82) is 0 Å². The lowest BCUT2D eigenvalue weighted by Crippen LogP contribution is -2.15. The van der Waals surface area contributed by atoms with E-state index in [0.29, 0.717) is 22.5 Å². The minimum atomic E-state index is -0.125. The van der Waals surface area contributed by atoms with Crippen molar-refractivity contribution < 1.29 is 9.21 Å². The molecule has 0 atom stereocenters. The third-order valence-electron chi connectivity index (χ3n) is 3.92. The lowest BCUT2D eigenvalue weighted by atomic mass is 10.2. The van der Waals surface area contributed by atoms with E-state index in [-0.39, 0.29) is 11.7 Å². The van der Waals surface area contributed by atoms with Crippen molar-refractivity contribution in [3.05, 3.63) is 59.5 Å². The summed E-state index contributed by atoms with van der Waals surface area (Å²) in [6, 6.07) is 7.20. The zero-order chi connectivity index (χ0) is 19.4. The van der Waals surface area contributed by atoms with E-state index in [2.05, 4.69) is 22.1 Å². The highest BCUT2D eigenvalue weighted by Crippen LogP contribution is 2.27. The van der Waals surface area contributed by atoms with E-state index < -0.39 is 0 Å². The molecule has 8 heteroatoms. The number of hydrogen-bond acceptors (Lipinski definition) is 5. The summed E-state index contributed by atoms with van der Waals surface area (Å²) in [6.07, 6.45) is 3.38. The van der Waals surface area contributed by atoms with E-state index in [1.54, 1.807) is 24.5 Å². The molecule has 2 heterocycles. The molecular weight excluding hydrogens is 384 g/mol. The molecule has 3 aromatic rings. The minimum Gasteiger partial charge on any atom is -0.469 e. The van der Waals surface area contributed by atoms with Crippen molar-refractivity contribution in [2.45, 2.75) is 25.5 Å². The Labute approximate surface area is 166 Å². The molecule has 0 aliphatic carbocycles. The van der Waals surface area contributed by atoms with E-state index in [4.69, 9.17) is 16.0 Å². The Morgan fingerprint density at radius 1 is 1.37 bits per heavy atom.